The van der Waals surface area contributed by atoms with Crippen LogP contribution in [0.3, 0.4) is 0 Å². The van der Waals surface area contributed by atoms with Crippen molar-refractivity contribution in [3.05, 3.63) is 18.2 Å². The summed E-state index contributed by atoms with van der Waals surface area (Å²) in [5, 5.41) is 0. The molecule has 0 atom stereocenters. The lowest BCUT2D eigenvalue weighted by molar-refractivity contribution is -0.287. The first-order valence-corrected chi connectivity index (χ1v) is 5.82. The van der Waals surface area contributed by atoms with E-state index in [9.17, 15) is 30.4 Å². The molecule has 0 aliphatic carbocycles. The number of para-hydroxylation sites is 1. The molecule has 0 aromatic heterocycles. The van der Waals surface area contributed by atoms with Crippen LogP contribution in [0, 0.1) is 0 Å². The van der Waals surface area contributed by atoms with Crippen LogP contribution in [0.4, 0.5) is 22.0 Å². The van der Waals surface area contributed by atoms with Gasteiger partial charge in [-0.1, -0.05) is 6.07 Å². The van der Waals surface area contributed by atoms with Crippen molar-refractivity contribution in [3.63, 3.8) is 0 Å². The van der Waals surface area contributed by atoms with Crippen molar-refractivity contribution in [1.82, 2.24) is 0 Å². The maximum atomic E-state index is 12.7. The van der Waals surface area contributed by atoms with Crippen molar-refractivity contribution in [2.45, 2.75) is 11.8 Å². The minimum absolute atomic E-state index is 0.639. The molecule has 1 aliphatic heterocycles. The highest BCUT2D eigenvalue weighted by molar-refractivity contribution is 7.88. The number of alkyl halides is 5. The summed E-state index contributed by atoms with van der Waals surface area (Å²) in [6.07, 6.45) is -4.11. The zero-order valence-electron chi connectivity index (χ0n) is 8.57. The van der Waals surface area contributed by atoms with Crippen LogP contribution in [0.15, 0.2) is 18.2 Å². The molecule has 1 heterocycles. The highest BCUT2D eigenvalue weighted by Gasteiger charge is 2.50. The average molecular weight is 306 g/mol. The van der Waals surface area contributed by atoms with Crippen LogP contribution in [0.2, 0.25) is 0 Å². The Hall–Kier alpha value is -1.78. The van der Waals surface area contributed by atoms with E-state index in [1.165, 1.54) is 0 Å². The summed E-state index contributed by atoms with van der Waals surface area (Å²) in [4.78, 5) is 0. The largest absolute Gasteiger partial charge is 0.586 e. The number of hydrogen-bond acceptors (Lipinski definition) is 5. The van der Waals surface area contributed by atoms with Crippen LogP contribution >= 0.6 is 0 Å². The van der Waals surface area contributed by atoms with Crippen LogP contribution in [-0.2, 0) is 10.1 Å². The molecule has 2 rings (SSSR count). The van der Waals surface area contributed by atoms with E-state index in [-0.39, 0.29) is 0 Å². The summed E-state index contributed by atoms with van der Waals surface area (Å²) in [5.41, 5.74) is -5.70. The van der Waals surface area contributed by atoms with E-state index in [1.807, 2.05) is 0 Å². The Morgan fingerprint density at radius 2 is 1.79 bits per heavy atom. The van der Waals surface area contributed by atoms with Crippen LogP contribution in [0.1, 0.15) is 0 Å². The molecular weight excluding hydrogens is 303 g/mol. The van der Waals surface area contributed by atoms with E-state index >= 15 is 0 Å². The zero-order chi connectivity index (χ0) is 14.5. The van der Waals surface area contributed by atoms with Gasteiger partial charge in [0.05, 0.1) is 0 Å². The summed E-state index contributed by atoms with van der Waals surface area (Å²) >= 11 is 0. The van der Waals surface area contributed by atoms with E-state index in [2.05, 4.69) is 13.7 Å². The normalized spacial score (nSPS) is 17.3. The van der Waals surface area contributed by atoms with Crippen molar-refractivity contribution in [2.24, 2.45) is 0 Å². The maximum Gasteiger partial charge on any atom is 0.586 e. The molecule has 0 saturated carbocycles. The van der Waals surface area contributed by atoms with Crippen LogP contribution in [0.25, 0.3) is 0 Å². The first-order chi connectivity index (χ1) is 8.52. The van der Waals surface area contributed by atoms with Crippen LogP contribution in [0.5, 0.6) is 17.2 Å². The fourth-order valence-corrected chi connectivity index (χ4v) is 1.64. The standard InChI is InChI=1S/C8H3F5O5S/c9-7(10,11)19(14,15)18-5-3-1-2-4-6(5)17-8(12,13)16-4/h1-3H. The molecule has 0 spiro atoms. The molecule has 1 aromatic rings. The maximum absolute atomic E-state index is 12.7. The molecule has 106 valence electrons. The second kappa shape index (κ2) is 3.85. The number of fused-ring (bicyclic) bond motifs is 1. The lowest BCUT2D eigenvalue weighted by Crippen LogP contribution is -2.28. The smallest absolute Gasteiger partial charge is 0.395 e. The molecule has 0 amide bonds. The summed E-state index contributed by atoms with van der Waals surface area (Å²) in [6, 6.07) is 2.63. The van der Waals surface area contributed by atoms with E-state index in [1.54, 1.807) is 0 Å². The third-order valence-corrected chi connectivity index (χ3v) is 2.84. The number of ether oxygens (including phenoxy) is 2. The quantitative estimate of drug-likeness (QED) is 0.476. The van der Waals surface area contributed by atoms with E-state index in [0.29, 0.717) is 6.07 Å². The van der Waals surface area contributed by atoms with E-state index < -0.39 is 39.2 Å². The molecule has 1 aliphatic rings. The van der Waals surface area contributed by atoms with Gasteiger partial charge in [-0.05, 0) is 12.1 Å². The molecule has 0 saturated heterocycles. The van der Waals surface area contributed by atoms with Gasteiger partial charge in [0, 0.05) is 0 Å². The molecule has 0 N–H and O–H groups in total. The predicted octanol–water partition coefficient (Wildman–Crippen LogP) is 2.24. The number of rotatable bonds is 2. The Labute approximate surface area is 102 Å². The molecule has 5 nitrogen and oxygen atoms in total. The summed E-state index contributed by atoms with van der Waals surface area (Å²) < 4.78 is 94.7. The lowest BCUT2D eigenvalue weighted by atomic mass is 10.3. The third kappa shape index (κ3) is 2.50. The van der Waals surface area contributed by atoms with Crippen molar-refractivity contribution in [2.75, 3.05) is 0 Å². The molecule has 11 heteroatoms. The Bertz CT molecular complexity index is 608. The van der Waals surface area contributed by atoms with Gasteiger partial charge in [-0.25, -0.2) is 0 Å². The SMILES string of the molecule is O=S(=O)(Oc1cccc2c1OC(F)(F)O2)C(F)(F)F. The lowest BCUT2D eigenvalue weighted by Gasteiger charge is -2.10. The second-order valence-electron chi connectivity index (χ2n) is 3.23. The van der Waals surface area contributed by atoms with Gasteiger partial charge in [-0.15, -0.1) is 8.78 Å². The molecular formula is C8H3F5O5S. The highest BCUT2D eigenvalue weighted by Crippen LogP contribution is 2.47. The number of hydrogen-bond donors (Lipinski definition) is 0. The minimum Gasteiger partial charge on any atom is -0.395 e. The molecule has 0 bridgehead atoms. The third-order valence-electron chi connectivity index (χ3n) is 1.88. The first kappa shape index (κ1) is 13.6. The second-order valence-corrected chi connectivity index (χ2v) is 4.77. The Morgan fingerprint density at radius 1 is 1.16 bits per heavy atom. The molecule has 19 heavy (non-hydrogen) atoms. The minimum atomic E-state index is -5.99. The van der Waals surface area contributed by atoms with Gasteiger partial charge in [0.2, 0.25) is 5.75 Å². The summed E-state index contributed by atoms with van der Waals surface area (Å²) in [6.45, 7) is 0. The van der Waals surface area contributed by atoms with Crippen molar-refractivity contribution < 1.29 is 44.0 Å². The topological polar surface area (TPSA) is 61.8 Å². The van der Waals surface area contributed by atoms with Gasteiger partial charge in [0.15, 0.2) is 11.5 Å². The highest BCUT2D eigenvalue weighted by atomic mass is 32.2. The fraction of sp³-hybridized carbons (Fsp3) is 0.250. The van der Waals surface area contributed by atoms with Crippen LogP contribution < -0.4 is 13.7 Å². The van der Waals surface area contributed by atoms with Gasteiger partial charge in [-0.2, -0.15) is 21.6 Å². The fourth-order valence-electron chi connectivity index (χ4n) is 1.18. The Balaban J connectivity index is 2.38. The first-order valence-electron chi connectivity index (χ1n) is 4.41. The van der Waals surface area contributed by atoms with E-state index in [0.717, 1.165) is 12.1 Å². The summed E-state index contributed by atoms with van der Waals surface area (Å²) in [5.74, 6) is -2.62. The van der Waals surface area contributed by atoms with Gasteiger partial charge >= 0.3 is 21.9 Å². The van der Waals surface area contributed by atoms with E-state index in [4.69, 9.17) is 0 Å². The molecule has 0 radical (unpaired) electrons. The Kier molecular flexibility index (Phi) is 2.77. The van der Waals surface area contributed by atoms with Crippen molar-refractivity contribution >= 4 is 10.1 Å². The van der Waals surface area contributed by atoms with Gasteiger partial charge in [0.1, 0.15) is 0 Å². The molecule has 0 fully saturated rings. The number of benzene rings is 1. The summed E-state index contributed by atoms with van der Waals surface area (Å²) in [7, 11) is -5.99. The van der Waals surface area contributed by atoms with Gasteiger partial charge in [-0.3, -0.25) is 0 Å². The molecule has 1 aromatic carbocycles. The van der Waals surface area contributed by atoms with Gasteiger partial charge in [0.25, 0.3) is 0 Å². The Morgan fingerprint density at radius 3 is 2.37 bits per heavy atom. The monoisotopic (exact) mass is 306 g/mol. The molecule has 0 unspecified atom stereocenters. The van der Waals surface area contributed by atoms with Crippen molar-refractivity contribution in [1.29, 1.82) is 0 Å². The van der Waals surface area contributed by atoms with Crippen molar-refractivity contribution in [3.8, 4) is 17.2 Å². The van der Waals surface area contributed by atoms with Gasteiger partial charge < -0.3 is 13.7 Å². The van der Waals surface area contributed by atoms with Crippen LogP contribution in [-0.4, -0.2) is 20.2 Å². The predicted molar refractivity (Wildman–Crippen MR) is 48.2 cm³/mol. The zero-order valence-corrected chi connectivity index (χ0v) is 9.39. The number of halogens is 5. The average Bonchev–Trinajstić information content (AvgIpc) is 2.51.